The fourth-order valence-electron chi connectivity index (χ4n) is 5.70. The number of carboxylic acid groups (broad SMARTS) is 2. The first-order valence-electron chi connectivity index (χ1n) is 12.9. The van der Waals surface area contributed by atoms with E-state index >= 15 is 0 Å². The first-order chi connectivity index (χ1) is 17.0. The lowest BCUT2D eigenvalue weighted by Crippen LogP contribution is -2.45. The second-order valence-corrected chi connectivity index (χ2v) is 9.68. The Kier molecular flexibility index (Phi) is 8.42. The van der Waals surface area contributed by atoms with Crippen LogP contribution in [0.25, 0.3) is 21.8 Å². The molecule has 2 saturated heterocycles. The first-order valence-corrected chi connectivity index (χ1v) is 12.9. The van der Waals surface area contributed by atoms with E-state index in [9.17, 15) is 0 Å². The summed E-state index contributed by atoms with van der Waals surface area (Å²) in [5, 5.41) is 17.6. The van der Waals surface area contributed by atoms with Gasteiger partial charge in [0, 0.05) is 40.9 Å². The van der Waals surface area contributed by atoms with Crippen LogP contribution in [0.15, 0.2) is 42.5 Å². The Morgan fingerprint density at radius 2 is 1.46 bits per heavy atom. The van der Waals surface area contributed by atoms with Crippen LogP contribution in [-0.4, -0.2) is 68.7 Å². The number of benzene rings is 2. The molecule has 7 heteroatoms. The normalized spacial score (nSPS) is 18.2. The van der Waals surface area contributed by atoms with Crippen molar-refractivity contribution in [2.24, 2.45) is 0 Å². The fourth-order valence-corrected chi connectivity index (χ4v) is 5.70. The number of aryl methyl sites for hydroxylation is 1. The van der Waals surface area contributed by atoms with E-state index < -0.39 is 11.9 Å². The molecule has 0 unspecified atom stereocenters. The molecule has 0 amide bonds. The zero-order valence-electron chi connectivity index (χ0n) is 20.7. The van der Waals surface area contributed by atoms with Crippen molar-refractivity contribution in [1.29, 1.82) is 0 Å². The van der Waals surface area contributed by atoms with E-state index in [1.54, 1.807) is 0 Å². The van der Waals surface area contributed by atoms with E-state index in [1.165, 1.54) is 92.1 Å². The third-order valence-electron chi connectivity index (χ3n) is 7.46. The summed E-state index contributed by atoms with van der Waals surface area (Å²) in [7, 11) is 0. The monoisotopic (exact) mass is 479 g/mol. The quantitative estimate of drug-likeness (QED) is 0.523. The van der Waals surface area contributed by atoms with Gasteiger partial charge in [-0.1, -0.05) is 37.1 Å². The van der Waals surface area contributed by atoms with E-state index in [-0.39, 0.29) is 0 Å². The van der Waals surface area contributed by atoms with Gasteiger partial charge >= 0.3 is 11.9 Å². The van der Waals surface area contributed by atoms with Gasteiger partial charge in [-0.2, -0.15) is 0 Å². The number of hydrogen-bond acceptors (Lipinski definition) is 4. The van der Waals surface area contributed by atoms with Crippen molar-refractivity contribution in [3.05, 3.63) is 48.0 Å². The van der Waals surface area contributed by atoms with Crippen molar-refractivity contribution >= 4 is 33.7 Å². The van der Waals surface area contributed by atoms with Crippen molar-refractivity contribution in [1.82, 2.24) is 14.4 Å². The van der Waals surface area contributed by atoms with Crippen LogP contribution in [0.4, 0.5) is 0 Å². The fraction of sp³-hybridized carbons (Fsp3) is 0.500. The van der Waals surface area contributed by atoms with Crippen LogP contribution in [0.3, 0.4) is 0 Å². The summed E-state index contributed by atoms with van der Waals surface area (Å²) in [4.78, 5) is 23.7. The lowest BCUT2D eigenvalue weighted by atomic mass is 10.0. The molecule has 3 heterocycles. The van der Waals surface area contributed by atoms with Crippen molar-refractivity contribution in [3.8, 4) is 0 Å². The maximum Gasteiger partial charge on any atom is 0.414 e. The lowest BCUT2D eigenvalue weighted by Gasteiger charge is -2.38. The van der Waals surface area contributed by atoms with Gasteiger partial charge in [-0.15, -0.1) is 0 Å². The van der Waals surface area contributed by atoms with Crippen LogP contribution < -0.4 is 0 Å². The van der Waals surface area contributed by atoms with Crippen LogP contribution in [0.5, 0.6) is 0 Å². The summed E-state index contributed by atoms with van der Waals surface area (Å²) in [6.07, 6.45) is 8.38. The summed E-state index contributed by atoms with van der Waals surface area (Å²) < 4.78 is 2.45. The molecule has 2 aromatic carbocycles. The molecule has 1 aromatic heterocycles. The maximum atomic E-state index is 9.10. The molecule has 5 rings (SSSR count). The van der Waals surface area contributed by atoms with Crippen molar-refractivity contribution in [2.45, 2.75) is 64.6 Å². The number of hydrogen-bond donors (Lipinski definition) is 2. The zero-order valence-corrected chi connectivity index (χ0v) is 20.7. The highest BCUT2D eigenvalue weighted by Crippen LogP contribution is 2.30. The van der Waals surface area contributed by atoms with E-state index in [0.717, 1.165) is 19.1 Å². The summed E-state index contributed by atoms with van der Waals surface area (Å²) in [5.41, 5.74) is 4.20. The van der Waals surface area contributed by atoms with E-state index in [4.69, 9.17) is 19.8 Å². The number of carbonyl (C=O) groups is 2. The van der Waals surface area contributed by atoms with E-state index in [1.807, 2.05) is 0 Å². The average molecular weight is 480 g/mol. The van der Waals surface area contributed by atoms with Crippen molar-refractivity contribution in [3.63, 3.8) is 0 Å². The number of para-hydroxylation sites is 1. The average Bonchev–Trinajstić information content (AvgIpc) is 3.00. The van der Waals surface area contributed by atoms with E-state index in [0.29, 0.717) is 0 Å². The molecular formula is C28H37N3O4. The number of nitrogens with zero attached hydrogens (tertiary/aromatic N) is 3. The third kappa shape index (κ3) is 6.03. The Balaban J connectivity index is 0.000000431. The molecule has 35 heavy (non-hydrogen) atoms. The second-order valence-electron chi connectivity index (χ2n) is 9.68. The molecule has 2 N–H and O–H groups in total. The second kappa shape index (κ2) is 11.7. The molecule has 0 atom stereocenters. The predicted octanol–water partition coefficient (Wildman–Crippen LogP) is 4.81. The van der Waals surface area contributed by atoms with Gasteiger partial charge in [0.2, 0.25) is 0 Å². The van der Waals surface area contributed by atoms with Crippen molar-refractivity contribution < 1.29 is 19.8 Å². The number of aliphatic carboxylic acids is 2. The van der Waals surface area contributed by atoms with Crippen LogP contribution in [0.2, 0.25) is 0 Å². The van der Waals surface area contributed by atoms with Crippen LogP contribution in [0, 0.1) is 0 Å². The van der Waals surface area contributed by atoms with Gasteiger partial charge in [0.05, 0.1) is 0 Å². The van der Waals surface area contributed by atoms with Gasteiger partial charge in [0.25, 0.3) is 0 Å². The molecule has 3 aromatic rings. The summed E-state index contributed by atoms with van der Waals surface area (Å²) >= 11 is 0. The highest BCUT2D eigenvalue weighted by molar-refractivity contribution is 6.27. The Hall–Kier alpha value is -2.90. The largest absolute Gasteiger partial charge is 0.473 e. The minimum absolute atomic E-state index is 0.828. The molecule has 2 fully saturated rings. The summed E-state index contributed by atoms with van der Waals surface area (Å²) in [6.45, 7) is 9.52. The lowest BCUT2D eigenvalue weighted by molar-refractivity contribution is -0.159. The molecular weight excluding hydrogens is 442 g/mol. The SMILES string of the molecule is CCn1c2ccccc2c2cc(CN3CCC(N4CCCCCC4)CC3)ccc21.O=C(O)C(=O)O. The highest BCUT2D eigenvalue weighted by atomic mass is 16.4. The molecule has 7 nitrogen and oxygen atoms in total. The molecule has 0 aliphatic carbocycles. The van der Waals surface area contributed by atoms with Gasteiger partial charge in [0.1, 0.15) is 0 Å². The smallest absolute Gasteiger partial charge is 0.414 e. The molecule has 0 bridgehead atoms. The molecule has 0 saturated carbocycles. The number of piperidine rings is 1. The minimum atomic E-state index is -1.82. The van der Waals surface area contributed by atoms with Gasteiger partial charge in [-0.3, -0.25) is 4.90 Å². The number of fused-ring (bicyclic) bond motifs is 3. The molecule has 0 radical (unpaired) electrons. The molecule has 0 spiro atoms. The van der Waals surface area contributed by atoms with Crippen molar-refractivity contribution in [2.75, 3.05) is 26.2 Å². The maximum absolute atomic E-state index is 9.10. The first kappa shape index (κ1) is 25.2. The third-order valence-corrected chi connectivity index (χ3v) is 7.46. The van der Waals surface area contributed by atoms with Gasteiger partial charge in [-0.25, -0.2) is 9.59 Å². The number of rotatable bonds is 4. The Morgan fingerprint density at radius 3 is 2.09 bits per heavy atom. The Morgan fingerprint density at radius 1 is 0.829 bits per heavy atom. The summed E-state index contributed by atoms with van der Waals surface area (Å²) in [6, 6.07) is 16.8. The number of likely N-dealkylation sites (tertiary alicyclic amines) is 2. The van der Waals surface area contributed by atoms with Crippen LogP contribution in [-0.2, 0) is 22.7 Å². The number of carboxylic acids is 2. The van der Waals surface area contributed by atoms with Crippen LogP contribution >= 0.6 is 0 Å². The topological polar surface area (TPSA) is 86.0 Å². The summed E-state index contributed by atoms with van der Waals surface area (Å²) in [5.74, 6) is -3.65. The number of aromatic nitrogens is 1. The Bertz CT molecular complexity index is 1140. The van der Waals surface area contributed by atoms with Gasteiger partial charge in [-0.05, 0) is 82.5 Å². The standard InChI is InChI=1S/C26H35N3.C2H2O4/c1-2-29-25-10-6-5-9-23(25)24-19-21(11-12-26(24)29)20-27-17-13-22(14-18-27)28-15-7-3-4-8-16-28;3-1(4)2(5)6/h5-6,9-12,19,22H,2-4,7-8,13-18,20H2,1H3;(H,3,4)(H,5,6). The molecule has 2 aliphatic heterocycles. The van der Waals surface area contributed by atoms with Gasteiger partial charge in [0.15, 0.2) is 0 Å². The predicted molar refractivity (Wildman–Crippen MR) is 139 cm³/mol. The minimum Gasteiger partial charge on any atom is -0.473 e. The molecule has 2 aliphatic rings. The van der Waals surface area contributed by atoms with Gasteiger partial charge < -0.3 is 19.7 Å². The zero-order chi connectivity index (χ0) is 24.8. The van der Waals surface area contributed by atoms with Crippen LogP contribution in [0.1, 0.15) is 51.0 Å². The molecule has 188 valence electrons. The van der Waals surface area contributed by atoms with E-state index in [2.05, 4.69) is 63.8 Å². The Labute approximate surface area is 206 Å². The highest BCUT2D eigenvalue weighted by Gasteiger charge is 2.25.